The SMILES string of the molecule is COc1ccc(C=CC(=O)n2c(O)c(Br)cc(O)c2=O)cc1C(=O)O. The molecule has 0 saturated carbocycles. The van der Waals surface area contributed by atoms with Gasteiger partial charge < -0.3 is 20.1 Å². The van der Waals surface area contributed by atoms with E-state index >= 15 is 0 Å². The molecule has 0 bridgehead atoms. The first kappa shape index (κ1) is 18.3. The van der Waals surface area contributed by atoms with E-state index in [-0.39, 0.29) is 15.8 Å². The summed E-state index contributed by atoms with van der Waals surface area (Å²) in [7, 11) is 1.33. The summed E-state index contributed by atoms with van der Waals surface area (Å²) in [5.74, 6) is -3.36. The largest absolute Gasteiger partial charge is 0.503 e. The maximum absolute atomic E-state index is 12.1. The number of ether oxygens (including phenoxy) is 1. The number of carbonyl (C=O) groups excluding carboxylic acids is 1. The lowest BCUT2D eigenvalue weighted by Gasteiger charge is -2.07. The number of aromatic nitrogens is 1. The second-order valence-electron chi connectivity index (χ2n) is 4.78. The minimum Gasteiger partial charge on any atom is -0.503 e. The Labute approximate surface area is 149 Å². The minimum absolute atomic E-state index is 0.0380. The first-order valence-corrected chi connectivity index (χ1v) is 7.52. The number of halogens is 1. The number of carbonyl (C=O) groups is 2. The summed E-state index contributed by atoms with van der Waals surface area (Å²) in [5.41, 5.74) is -0.827. The zero-order chi connectivity index (χ0) is 18.7. The predicted molar refractivity (Wildman–Crippen MR) is 91.3 cm³/mol. The second kappa shape index (κ2) is 7.22. The van der Waals surface area contributed by atoms with Gasteiger partial charge in [-0.05, 0) is 39.7 Å². The molecule has 3 N–H and O–H groups in total. The van der Waals surface area contributed by atoms with Gasteiger partial charge in [-0.2, -0.15) is 0 Å². The number of pyridine rings is 1. The Kier molecular flexibility index (Phi) is 5.28. The van der Waals surface area contributed by atoms with Gasteiger partial charge in [0.05, 0.1) is 11.6 Å². The first-order chi connectivity index (χ1) is 11.8. The average Bonchev–Trinajstić information content (AvgIpc) is 2.58. The van der Waals surface area contributed by atoms with Gasteiger partial charge in [-0.3, -0.25) is 9.59 Å². The summed E-state index contributed by atoms with van der Waals surface area (Å²) in [6.45, 7) is 0. The molecule has 9 heteroatoms. The van der Waals surface area contributed by atoms with Gasteiger partial charge in [0.25, 0.3) is 5.91 Å². The highest BCUT2D eigenvalue weighted by Gasteiger charge is 2.16. The van der Waals surface area contributed by atoms with Gasteiger partial charge in [0.2, 0.25) is 5.88 Å². The summed E-state index contributed by atoms with van der Waals surface area (Å²) >= 11 is 2.91. The molecule has 0 fully saturated rings. The molecule has 2 rings (SSSR count). The van der Waals surface area contributed by atoms with Crippen molar-refractivity contribution in [2.24, 2.45) is 0 Å². The number of hydrogen-bond acceptors (Lipinski definition) is 6. The molecule has 0 radical (unpaired) electrons. The van der Waals surface area contributed by atoms with Crippen LogP contribution in [0.15, 0.2) is 39.6 Å². The Morgan fingerprint density at radius 2 is 1.92 bits per heavy atom. The van der Waals surface area contributed by atoms with Gasteiger partial charge >= 0.3 is 11.5 Å². The van der Waals surface area contributed by atoms with Crippen LogP contribution in [0.2, 0.25) is 0 Å². The molecule has 8 nitrogen and oxygen atoms in total. The van der Waals surface area contributed by atoms with Crippen molar-refractivity contribution in [3.63, 3.8) is 0 Å². The number of benzene rings is 1. The molecule has 25 heavy (non-hydrogen) atoms. The van der Waals surface area contributed by atoms with Gasteiger partial charge in [0.1, 0.15) is 11.3 Å². The second-order valence-corrected chi connectivity index (χ2v) is 5.63. The maximum Gasteiger partial charge on any atom is 0.339 e. The van der Waals surface area contributed by atoms with E-state index in [0.29, 0.717) is 10.1 Å². The molecule has 130 valence electrons. The van der Waals surface area contributed by atoms with E-state index in [2.05, 4.69) is 15.9 Å². The molecule has 0 aliphatic carbocycles. The molecule has 0 unspecified atom stereocenters. The zero-order valence-corrected chi connectivity index (χ0v) is 14.3. The van der Waals surface area contributed by atoms with Gasteiger partial charge in [-0.15, -0.1) is 0 Å². The molecule has 1 aromatic carbocycles. The minimum atomic E-state index is -1.20. The number of hydrogen-bond donors (Lipinski definition) is 3. The molecule has 0 aliphatic heterocycles. The monoisotopic (exact) mass is 409 g/mol. The van der Waals surface area contributed by atoms with Crippen molar-refractivity contribution in [1.82, 2.24) is 4.57 Å². The summed E-state index contributed by atoms with van der Waals surface area (Å²) in [4.78, 5) is 35.1. The van der Waals surface area contributed by atoms with Crippen molar-refractivity contribution in [2.45, 2.75) is 0 Å². The van der Waals surface area contributed by atoms with Crippen molar-refractivity contribution in [1.29, 1.82) is 0 Å². The third-order valence-electron chi connectivity index (χ3n) is 3.20. The van der Waals surface area contributed by atoms with E-state index in [9.17, 15) is 24.6 Å². The number of aromatic hydroxyl groups is 2. The van der Waals surface area contributed by atoms with Crippen LogP contribution in [0.25, 0.3) is 6.08 Å². The number of carboxylic acid groups (broad SMARTS) is 1. The number of carboxylic acids is 1. The zero-order valence-electron chi connectivity index (χ0n) is 12.8. The molecular weight excluding hydrogens is 398 g/mol. The van der Waals surface area contributed by atoms with Crippen molar-refractivity contribution >= 4 is 33.9 Å². The van der Waals surface area contributed by atoms with Crippen molar-refractivity contribution in [3.05, 3.63) is 56.3 Å². The summed E-state index contributed by atoms with van der Waals surface area (Å²) < 4.78 is 5.27. The fourth-order valence-corrected chi connectivity index (χ4v) is 2.40. The predicted octanol–water partition coefficient (Wildman–Crippen LogP) is 2.08. The Bertz CT molecular complexity index is 946. The molecule has 1 heterocycles. The highest BCUT2D eigenvalue weighted by atomic mass is 79.9. The van der Waals surface area contributed by atoms with E-state index in [1.807, 2.05) is 0 Å². The van der Waals surface area contributed by atoms with Gasteiger partial charge in [0.15, 0.2) is 5.75 Å². The molecule has 0 aliphatic rings. The third kappa shape index (κ3) is 3.72. The van der Waals surface area contributed by atoms with Gasteiger partial charge in [-0.1, -0.05) is 6.07 Å². The van der Waals surface area contributed by atoms with Gasteiger partial charge in [0, 0.05) is 12.1 Å². The van der Waals surface area contributed by atoms with E-state index in [0.717, 1.165) is 12.1 Å². The Balaban J connectivity index is 2.41. The summed E-state index contributed by atoms with van der Waals surface area (Å²) in [6, 6.07) is 5.18. The summed E-state index contributed by atoms with van der Waals surface area (Å²) in [5, 5.41) is 28.4. The lowest BCUT2D eigenvalue weighted by molar-refractivity contribution is 0.0693. The number of methoxy groups -OCH3 is 1. The maximum atomic E-state index is 12.1. The molecule has 0 spiro atoms. The summed E-state index contributed by atoms with van der Waals surface area (Å²) in [6.07, 6.45) is 2.22. The molecule has 0 atom stereocenters. The standard InChI is InChI=1S/C16H12BrNO7/c1-25-12-4-2-8(6-9(12)16(23)24)3-5-13(20)18-14(21)10(17)7-11(19)15(18)22/h2-7,19,21H,1H3,(H,23,24). The topological polar surface area (TPSA) is 126 Å². The molecule has 0 amide bonds. The van der Waals surface area contributed by atoms with Crippen LogP contribution < -0.4 is 10.3 Å². The van der Waals surface area contributed by atoms with Crippen molar-refractivity contribution in [3.8, 4) is 17.4 Å². The fraction of sp³-hybridized carbons (Fsp3) is 0.0625. The average molecular weight is 410 g/mol. The molecular formula is C16H12BrNO7. The molecule has 0 saturated heterocycles. The number of rotatable bonds is 4. The Hall–Kier alpha value is -3.07. The number of aromatic carboxylic acids is 1. The molecule has 1 aromatic heterocycles. The van der Waals surface area contributed by atoms with Crippen LogP contribution in [0.3, 0.4) is 0 Å². The van der Waals surface area contributed by atoms with Crippen LogP contribution in [0.4, 0.5) is 0 Å². The van der Waals surface area contributed by atoms with Crippen LogP contribution in [0.1, 0.15) is 20.7 Å². The van der Waals surface area contributed by atoms with E-state index in [1.165, 1.54) is 31.4 Å². The fourth-order valence-electron chi connectivity index (χ4n) is 2.01. The quantitative estimate of drug-likeness (QED) is 0.659. The highest BCUT2D eigenvalue weighted by molar-refractivity contribution is 9.10. The lowest BCUT2D eigenvalue weighted by Crippen LogP contribution is -2.25. The lowest BCUT2D eigenvalue weighted by atomic mass is 10.1. The smallest absolute Gasteiger partial charge is 0.339 e. The normalized spacial score (nSPS) is 10.8. The van der Waals surface area contributed by atoms with E-state index in [4.69, 9.17) is 9.84 Å². The van der Waals surface area contributed by atoms with Gasteiger partial charge in [-0.25, -0.2) is 9.36 Å². The Morgan fingerprint density at radius 1 is 1.24 bits per heavy atom. The number of nitrogens with zero attached hydrogens (tertiary/aromatic N) is 1. The highest BCUT2D eigenvalue weighted by Crippen LogP contribution is 2.25. The number of allylic oxidation sites excluding steroid dienone is 1. The molecule has 2 aromatic rings. The third-order valence-corrected chi connectivity index (χ3v) is 3.79. The van der Waals surface area contributed by atoms with Crippen molar-refractivity contribution < 1.29 is 29.6 Å². The Morgan fingerprint density at radius 3 is 2.52 bits per heavy atom. The van der Waals surface area contributed by atoms with E-state index in [1.54, 1.807) is 0 Å². The first-order valence-electron chi connectivity index (χ1n) is 6.73. The van der Waals surface area contributed by atoms with Crippen LogP contribution in [0.5, 0.6) is 17.4 Å². The van der Waals surface area contributed by atoms with Crippen LogP contribution in [-0.4, -0.2) is 38.9 Å². The van der Waals surface area contributed by atoms with Crippen LogP contribution in [-0.2, 0) is 0 Å². The van der Waals surface area contributed by atoms with Crippen molar-refractivity contribution in [2.75, 3.05) is 7.11 Å². The van der Waals surface area contributed by atoms with Crippen LogP contribution >= 0.6 is 15.9 Å². The van der Waals surface area contributed by atoms with E-state index < -0.39 is 29.1 Å². The van der Waals surface area contributed by atoms with Crippen LogP contribution in [0, 0.1) is 0 Å².